The molecule has 1 aliphatic heterocycles. The molecule has 4 nitrogen and oxygen atoms in total. The van der Waals surface area contributed by atoms with Crippen LogP contribution in [-0.2, 0) is 4.79 Å². The first-order valence-electron chi connectivity index (χ1n) is 6.93. The standard InChI is InChI=1S/C15H21ClN2O2/c1-10-9-18(11(2)8-17-10)15(19)12(3)20-14-6-4-5-13(16)7-14/h4-7,10-12,17H,8-9H2,1-3H3. The maximum atomic E-state index is 12.5. The summed E-state index contributed by atoms with van der Waals surface area (Å²) in [5.41, 5.74) is 0. The number of ether oxygens (including phenoxy) is 1. The average molecular weight is 297 g/mol. The molecule has 0 spiro atoms. The normalized spacial score (nSPS) is 24.3. The molecule has 0 bridgehead atoms. The minimum Gasteiger partial charge on any atom is -0.481 e. The first kappa shape index (κ1) is 15.1. The molecule has 0 aliphatic carbocycles. The van der Waals surface area contributed by atoms with Gasteiger partial charge in [0.1, 0.15) is 5.75 Å². The zero-order valence-electron chi connectivity index (χ0n) is 12.1. The van der Waals surface area contributed by atoms with Gasteiger partial charge >= 0.3 is 0 Å². The van der Waals surface area contributed by atoms with Gasteiger partial charge in [0.15, 0.2) is 6.10 Å². The molecule has 1 N–H and O–H groups in total. The molecule has 0 saturated carbocycles. The molecular weight excluding hydrogens is 276 g/mol. The Bertz CT molecular complexity index is 481. The van der Waals surface area contributed by atoms with Crippen LogP contribution in [0.15, 0.2) is 24.3 Å². The molecule has 1 saturated heterocycles. The van der Waals surface area contributed by atoms with Crippen LogP contribution in [-0.4, -0.2) is 42.1 Å². The van der Waals surface area contributed by atoms with Gasteiger partial charge in [-0.3, -0.25) is 4.79 Å². The van der Waals surface area contributed by atoms with Crippen LogP contribution in [0.5, 0.6) is 5.75 Å². The van der Waals surface area contributed by atoms with Crippen molar-refractivity contribution in [3.63, 3.8) is 0 Å². The highest BCUT2D eigenvalue weighted by atomic mass is 35.5. The van der Waals surface area contributed by atoms with E-state index in [1.54, 1.807) is 25.1 Å². The van der Waals surface area contributed by atoms with E-state index >= 15 is 0 Å². The van der Waals surface area contributed by atoms with E-state index in [2.05, 4.69) is 12.2 Å². The lowest BCUT2D eigenvalue weighted by atomic mass is 10.1. The molecule has 3 unspecified atom stereocenters. The largest absolute Gasteiger partial charge is 0.481 e. The van der Waals surface area contributed by atoms with Crippen molar-refractivity contribution in [3.05, 3.63) is 29.3 Å². The maximum Gasteiger partial charge on any atom is 0.263 e. The van der Waals surface area contributed by atoms with Gasteiger partial charge in [-0.1, -0.05) is 17.7 Å². The van der Waals surface area contributed by atoms with Gasteiger partial charge in [-0.15, -0.1) is 0 Å². The molecule has 1 aliphatic rings. The van der Waals surface area contributed by atoms with E-state index in [-0.39, 0.29) is 11.9 Å². The zero-order valence-corrected chi connectivity index (χ0v) is 12.9. The van der Waals surface area contributed by atoms with Crippen molar-refractivity contribution in [1.82, 2.24) is 10.2 Å². The van der Waals surface area contributed by atoms with Gasteiger partial charge in [0.25, 0.3) is 5.91 Å². The highest BCUT2D eigenvalue weighted by molar-refractivity contribution is 6.30. The summed E-state index contributed by atoms with van der Waals surface area (Å²) in [4.78, 5) is 14.4. The number of hydrogen-bond donors (Lipinski definition) is 1. The molecule has 5 heteroatoms. The number of carbonyl (C=O) groups is 1. The minimum atomic E-state index is -0.513. The Morgan fingerprint density at radius 3 is 2.95 bits per heavy atom. The van der Waals surface area contributed by atoms with Crippen LogP contribution < -0.4 is 10.1 Å². The molecule has 2 rings (SSSR count). The summed E-state index contributed by atoms with van der Waals surface area (Å²) in [5, 5.41) is 3.96. The molecule has 1 fully saturated rings. The van der Waals surface area contributed by atoms with Gasteiger partial charge in [-0.05, 0) is 39.0 Å². The van der Waals surface area contributed by atoms with E-state index in [1.165, 1.54) is 0 Å². The summed E-state index contributed by atoms with van der Waals surface area (Å²) < 4.78 is 5.70. The topological polar surface area (TPSA) is 41.6 Å². The molecule has 1 amide bonds. The first-order valence-corrected chi connectivity index (χ1v) is 7.31. The Balaban J connectivity index is 2.01. The van der Waals surface area contributed by atoms with E-state index in [1.807, 2.05) is 17.9 Å². The number of hydrogen-bond acceptors (Lipinski definition) is 3. The molecule has 1 aromatic carbocycles. The smallest absolute Gasteiger partial charge is 0.263 e. The molecule has 1 aromatic rings. The monoisotopic (exact) mass is 296 g/mol. The Hall–Kier alpha value is -1.26. The molecule has 110 valence electrons. The Morgan fingerprint density at radius 2 is 2.25 bits per heavy atom. The number of halogens is 1. The number of nitrogens with one attached hydrogen (secondary N) is 1. The number of nitrogens with zero attached hydrogens (tertiary/aromatic N) is 1. The lowest BCUT2D eigenvalue weighted by Gasteiger charge is -2.38. The summed E-state index contributed by atoms with van der Waals surface area (Å²) in [6.07, 6.45) is -0.513. The summed E-state index contributed by atoms with van der Waals surface area (Å²) in [6.45, 7) is 7.43. The third-order valence-corrected chi connectivity index (χ3v) is 3.74. The highest BCUT2D eigenvalue weighted by Gasteiger charge is 2.30. The van der Waals surface area contributed by atoms with Crippen LogP contribution in [0.25, 0.3) is 0 Å². The SMILES string of the molecule is CC1CN(C(=O)C(C)Oc2cccc(Cl)c2)C(C)CN1. The maximum absolute atomic E-state index is 12.5. The van der Waals surface area contributed by atoms with E-state index in [9.17, 15) is 4.79 Å². The quantitative estimate of drug-likeness (QED) is 0.931. The molecule has 20 heavy (non-hydrogen) atoms. The lowest BCUT2D eigenvalue weighted by Crippen LogP contribution is -2.58. The molecule has 3 atom stereocenters. The van der Waals surface area contributed by atoms with Gasteiger partial charge in [0.05, 0.1) is 0 Å². The second kappa shape index (κ2) is 6.46. The van der Waals surface area contributed by atoms with Gasteiger partial charge in [0.2, 0.25) is 0 Å². The van der Waals surface area contributed by atoms with Crippen molar-refractivity contribution in [2.75, 3.05) is 13.1 Å². The second-order valence-corrected chi connectivity index (χ2v) is 5.80. The van der Waals surface area contributed by atoms with E-state index in [0.29, 0.717) is 23.4 Å². The Labute approximate surface area is 125 Å². The van der Waals surface area contributed by atoms with Crippen molar-refractivity contribution < 1.29 is 9.53 Å². The predicted octanol–water partition coefficient (Wildman–Crippen LogP) is 2.32. The van der Waals surface area contributed by atoms with Crippen LogP contribution in [0.4, 0.5) is 0 Å². The highest BCUT2D eigenvalue weighted by Crippen LogP contribution is 2.19. The zero-order chi connectivity index (χ0) is 14.7. The van der Waals surface area contributed by atoms with Crippen molar-refractivity contribution in [3.8, 4) is 5.75 Å². The number of benzene rings is 1. The number of amides is 1. The van der Waals surface area contributed by atoms with Gasteiger partial charge in [-0.2, -0.15) is 0 Å². The van der Waals surface area contributed by atoms with Crippen LogP contribution in [0.1, 0.15) is 20.8 Å². The van der Waals surface area contributed by atoms with Gasteiger partial charge in [-0.25, -0.2) is 0 Å². The lowest BCUT2D eigenvalue weighted by molar-refractivity contribution is -0.141. The minimum absolute atomic E-state index is 0.0193. The van der Waals surface area contributed by atoms with Crippen molar-refractivity contribution >= 4 is 17.5 Å². The Kier molecular flexibility index (Phi) is 4.89. The van der Waals surface area contributed by atoms with Crippen LogP contribution in [0, 0.1) is 0 Å². The van der Waals surface area contributed by atoms with Crippen molar-refractivity contribution in [1.29, 1.82) is 0 Å². The molecule has 0 radical (unpaired) electrons. The fraction of sp³-hybridized carbons (Fsp3) is 0.533. The van der Waals surface area contributed by atoms with Crippen molar-refractivity contribution in [2.24, 2.45) is 0 Å². The second-order valence-electron chi connectivity index (χ2n) is 5.37. The third-order valence-electron chi connectivity index (χ3n) is 3.50. The molecule has 0 aromatic heterocycles. The van der Waals surface area contributed by atoms with Crippen LogP contribution >= 0.6 is 11.6 Å². The molecule has 1 heterocycles. The van der Waals surface area contributed by atoms with Crippen molar-refractivity contribution in [2.45, 2.75) is 39.0 Å². The van der Waals surface area contributed by atoms with Crippen LogP contribution in [0.2, 0.25) is 5.02 Å². The number of rotatable bonds is 3. The summed E-state index contributed by atoms with van der Waals surface area (Å²) in [6, 6.07) is 7.61. The average Bonchev–Trinajstić information content (AvgIpc) is 2.40. The summed E-state index contributed by atoms with van der Waals surface area (Å²) in [7, 11) is 0. The fourth-order valence-corrected chi connectivity index (χ4v) is 2.54. The van der Waals surface area contributed by atoms with Gasteiger partial charge < -0.3 is 15.0 Å². The fourth-order valence-electron chi connectivity index (χ4n) is 2.36. The number of piperazine rings is 1. The van der Waals surface area contributed by atoms with E-state index in [4.69, 9.17) is 16.3 Å². The first-order chi connectivity index (χ1) is 9.47. The van der Waals surface area contributed by atoms with Crippen LogP contribution in [0.3, 0.4) is 0 Å². The predicted molar refractivity (Wildman–Crippen MR) is 80.2 cm³/mol. The van der Waals surface area contributed by atoms with E-state index < -0.39 is 6.10 Å². The van der Waals surface area contributed by atoms with E-state index in [0.717, 1.165) is 6.54 Å². The van der Waals surface area contributed by atoms with Gasteiger partial charge in [0, 0.05) is 30.2 Å². The Morgan fingerprint density at radius 1 is 1.50 bits per heavy atom. The third kappa shape index (κ3) is 3.64. The molecular formula is C15H21ClN2O2. The number of carbonyl (C=O) groups excluding carboxylic acids is 1. The summed E-state index contributed by atoms with van der Waals surface area (Å²) >= 11 is 5.92. The summed E-state index contributed by atoms with van der Waals surface area (Å²) in [5.74, 6) is 0.639.